The van der Waals surface area contributed by atoms with E-state index in [1.54, 1.807) is 0 Å². The average molecular weight is 276 g/mol. The lowest BCUT2D eigenvalue weighted by Crippen LogP contribution is -2.43. The molecule has 6 nitrogen and oxygen atoms in total. The van der Waals surface area contributed by atoms with Crippen LogP contribution in [0.25, 0.3) is 11.0 Å². The molecule has 108 valence electrons. The Morgan fingerprint density at radius 1 is 1.50 bits per heavy atom. The summed E-state index contributed by atoms with van der Waals surface area (Å²) in [4.78, 5) is 15.9. The Kier molecular flexibility index (Phi) is 5.09. The second-order valence-electron chi connectivity index (χ2n) is 4.63. The first-order chi connectivity index (χ1) is 9.72. The lowest BCUT2D eigenvalue weighted by atomic mass is 10.3. The number of rotatable bonds is 7. The van der Waals surface area contributed by atoms with Crippen molar-refractivity contribution in [2.24, 2.45) is 5.73 Å². The fraction of sp³-hybridized carbons (Fsp3) is 0.429. The van der Waals surface area contributed by atoms with Gasteiger partial charge in [-0.3, -0.25) is 4.79 Å². The van der Waals surface area contributed by atoms with Gasteiger partial charge in [-0.25, -0.2) is 4.98 Å². The minimum Gasteiger partial charge on any atom is -0.383 e. The first-order valence-corrected chi connectivity index (χ1v) is 6.64. The number of nitrogens with two attached hydrogens (primary N) is 1. The zero-order valence-corrected chi connectivity index (χ0v) is 11.6. The molecular formula is C14H20N4O2. The number of benzene rings is 1. The maximum absolute atomic E-state index is 11.6. The molecule has 0 saturated heterocycles. The number of carbonyl (C=O) groups is 1. The van der Waals surface area contributed by atoms with Crippen LogP contribution in [0.3, 0.4) is 0 Å². The van der Waals surface area contributed by atoms with Crippen LogP contribution in [0.2, 0.25) is 0 Å². The van der Waals surface area contributed by atoms with Gasteiger partial charge in [0, 0.05) is 20.2 Å². The molecule has 6 heteroatoms. The smallest absolute Gasteiger partial charge is 0.239 e. The number of amides is 1. The van der Waals surface area contributed by atoms with E-state index in [1.807, 2.05) is 30.6 Å². The number of nitrogens with one attached hydrogen (secondary N) is 1. The molecule has 0 aliphatic carbocycles. The molecule has 1 aromatic carbocycles. The molecule has 20 heavy (non-hydrogen) atoms. The van der Waals surface area contributed by atoms with E-state index in [9.17, 15) is 4.79 Å². The van der Waals surface area contributed by atoms with Gasteiger partial charge < -0.3 is 20.4 Å². The first-order valence-electron chi connectivity index (χ1n) is 6.64. The zero-order valence-electron chi connectivity index (χ0n) is 11.6. The molecule has 3 N–H and O–H groups in total. The Labute approximate surface area is 117 Å². The van der Waals surface area contributed by atoms with Crippen molar-refractivity contribution in [2.75, 3.05) is 20.3 Å². The maximum atomic E-state index is 11.6. The molecular weight excluding hydrogens is 256 g/mol. The summed E-state index contributed by atoms with van der Waals surface area (Å²) in [6, 6.07) is 7.38. The number of hydrogen-bond acceptors (Lipinski definition) is 4. The highest BCUT2D eigenvalue weighted by atomic mass is 16.5. The summed E-state index contributed by atoms with van der Waals surface area (Å²) >= 11 is 0. The Morgan fingerprint density at radius 2 is 2.30 bits per heavy atom. The molecule has 0 bridgehead atoms. The van der Waals surface area contributed by atoms with Crippen LogP contribution in [-0.4, -0.2) is 41.8 Å². The highest BCUT2D eigenvalue weighted by Gasteiger charge is 2.11. The van der Waals surface area contributed by atoms with E-state index in [2.05, 4.69) is 14.9 Å². The van der Waals surface area contributed by atoms with Crippen LogP contribution in [-0.2, 0) is 16.1 Å². The molecule has 0 fully saturated rings. The summed E-state index contributed by atoms with van der Waals surface area (Å²) in [7, 11) is 1.53. The topological polar surface area (TPSA) is 82.2 Å². The molecule has 0 aliphatic heterocycles. The van der Waals surface area contributed by atoms with E-state index >= 15 is 0 Å². The fourth-order valence-corrected chi connectivity index (χ4v) is 2.04. The number of nitrogens with zero attached hydrogens (tertiary/aromatic N) is 2. The summed E-state index contributed by atoms with van der Waals surface area (Å²) in [5.74, 6) is -0.178. The van der Waals surface area contributed by atoms with E-state index in [4.69, 9.17) is 10.5 Å². The van der Waals surface area contributed by atoms with Gasteiger partial charge in [0.2, 0.25) is 5.91 Å². The van der Waals surface area contributed by atoms with Crippen LogP contribution in [0, 0.1) is 0 Å². The van der Waals surface area contributed by atoms with Crippen LogP contribution < -0.4 is 11.1 Å². The van der Waals surface area contributed by atoms with Gasteiger partial charge in [0.15, 0.2) is 0 Å². The standard InChI is InChI=1S/C14H20N4O2/c1-20-9-11(15)14(19)16-7-4-8-18-10-17-12-5-2-3-6-13(12)18/h2-3,5-6,10-11H,4,7-9,15H2,1H3,(H,16,19). The molecule has 1 amide bonds. The van der Waals surface area contributed by atoms with Crippen molar-refractivity contribution >= 4 is 16.9 Å². The molecule has 2 rings (SSSR count). The third-order valence-corrected chi connectivity index (χ3v) is 3.09. The van der Waals surface area contributed by atoms with Gasteiger partial charge in [0.25, 0.3) is 0 Å². The Balaban J connectivity index is 1.77. The number of aryl methyl sites for hydroxylation is 1. The van der Waals surface area contributed by atoms with Gasteiger partial charge in [0.05, 0.1) is 24.0 Å². The van der Waals surface area contributed by atoms with Crippen molar-refractivity contribution in [3.8, 4) is 0 Å². The van der Waals surface area contributed by atoms with Crippen LogP contribution in [0.5, 0.6) is 0 Å². The number of carbonyl (C=O) groups excluding carboxylic acids is 1. The number of imidazole rings is 1. The van der Waals surface area contributed by atoms with Crippen LogP contribution >= 0.6 is 0 Å². The van der Waals surface area contributed by atoms with Gasteiger partial charge in [-0.15, -0.1) is 0 Å². The number of methoxy groups -OCH3 is 1. The zero-order chi connectivity index (χ0) is 14.4. The third-order valence-electron chi connectivity index (χ3n) is 3.09. The number of aromatic nitrogens is 2. The van der Waals surface area contributed by atoms with Crippen molar-refractivity contribution in [2.45, 2.75) is 19.0 Å². The average Bonchev–Trinajstić information content (AvgIpc) is 2.87. The monoisotopic (exact) mass is 276 g/mol. The second-order valence-corrected chi connectivity index (χ2v) is 4.63. The molecule has 1 atom stereocenters. The Hall–Kier alpha value is -1.92. The van der Waals surface area contributed by atoms with Crippen molar-refractivity contribution in [3.63, 3.8) is 0 Å². The quantitative estimate of drug-likeness (QED) is 0.722. The van der Waals surface area contributed by atoms with Gasteiger partial charge in [-0.1, -0.05) is 12.1 Å². The predicted molar refractivity (Wildman–Crippen MR) is 77.2 cm³/mol. The van der Waals surface area contributed by atoms with Crippen molar-refractivity contribution in [3.05, 3.63) is 30.6 Å². The molecule has 0 radical (unpaired) electrons. The minimum atomic E-state index is -0.603. The van der Waals surface area contributed by atoms with E-state index in [-0.39, 0.29) is 12.5 Å². The molecule has 2 aromatic rings. The van der Waals surface area contributed by atoms with E-state index < -0.39 is 6.04 Å². The predicted octanol–water partition coefficient (Wildman–Crippen LogP) is 0.516. The van der Waals surface area contributed by atoms with E-state index in [1.165, 1.54) is 7.11 Å². The number of fused-ring (bicyclic) bond motifs is 1. The Bertz CT molecular complexity index is 567. The van der Waals surface area contributed by atoms with Gasteiger partial charge in [-0.05, 0) is 18.6 Å². The van der Waals surface area contributed by atoms with Crippen LogP contribution in [0.4, 0.5) is 0 Å². The highest BCUT2D eigenvalue weighted by Crippen LogP contribution is 2.11. The van der Waals surface area contributed by atoms with Crippen molar-refractivity contribution in [1.82, 2.24) is 14.9 Å². The summed E-state index contributed by atoms with van der Waals surface area (Å²) < 4.78 is 6.92. The molecule has 0 aliphatic rings. The normalized spacial score (nSPS) is 12.5. The highest BCUT2D eigenvalue weighted by molar-refractivity contribution is 5.81. The largest absolute Gasteiger partial charge is 0.383 e. The SMILES string of the molecule is COCC(N)C(=O)NCCCn1cnc2ccccc21. The minimum absolute atomic E-state index is 0.178. The number of ether oxygens (including phenoxy) is 1. The molecule has 0 spiro atoms. The lowest BCUT2D eigenvalue weighted by molar-refractivity contribution is -0.123. The molecule has 1 aromatic heterocycles. The summed E-state index contributed by atoms with van der Waals surface area (Å²) in [5.41, 5.74) is 7.72. The van der Waals surface area contributed by atoms with Gasteiger partial charge >= 0.3 is 0 Å². The summed E-state index contributed by atoms with van der Waals surface area (Å²) in [6.45, 7) is 1.63. The fourth-order valence-electron chi connectivity index (χ4n) is 2.04. The van der Waals surface area contributed by atoms with E-state index in [0.29, 0.717) is 6.54 Å². The summed E-state index contributed by atoms with van der Waals surface area (Å²) in [6.07, 6.45) is 2.65. The molecule has 1 unspecified atom stereocenters. The second kappa shape index (κ2) is 7.02. The van der Waals surface area contributed by atoms with Crippen molar-refractivity contribution in [1.29, 1.82) is 0 Å². The lowest BCUT2D eigenvalue weighted by Gasteiger charge is -2.11. The summed E-state index contributed by atoms with van der Waals surface area (Å²) in [5, 5.41) is 2.80. The number of hydrogen-bond donors (Lipinski definition) is 2. The number of para-hydroxylation sites is 2. The maximum Gasteiger partial charge on any atom is 0.239 e. The molecule has 1 heterocycles. The van der Waals surface area contributed by atoms with E-state index in [0.717, 1.165) is 24.0 Å². The van der Waals surface area contributed by atoms with Crippen LogP contribution in [0.15, 0.2) is 30.6 Å². The van der Waals surface area contributed by atoms with Gasteiger partial charge in [-0.2, -0.15) is 0 Å². The first kappa shape index (κ1) is 14.5. The third kappa shape index (κ3) is 3.55. The van der Waals surface area contributed by atoms with Crippen molar-refractivity contribution < 1.29 is 9.53 Å². The molecule has 0 saturated carbocycles. The van der Waals surface area contributed by atoms with Gasteiger partial charge in [0.1, 0.15) is 6.04 Å². The Morgan fingerprint density at radius 3 is 3.10 bits per heavy atom. The van der Waals surface area contributed by atoms with Crippen LogP contribution in [0.1, 0.15) is 6.42 Å².